The van der Waals surface area contributed by atoms with E-state index in [-0.39, 0.29) is 13.2 Å². The van der Waals surface area contributed by atoms with Crippen LogP contribution < -0.4 is 5.43 Å². The molecule has 2 atom stereocenters. The van der Waals surface area contributed by atoms with E-state index >= 15 is 0 Å². The highest BCUT2D eigenvalue weighted by Crippen LogP contribution is 2.59. The van der Waals surface area contributed by atoms with Gasteiger partial charge in [-0.2, -0.15) is 0 Å². The fourth-order valence-electron chi connectivity index (χ4n) is 7.00. The summed E-state index contributed by atoms with van der Waals surface area (Å²) < 4.78 is 20.3. The maximum atomic E-state index is 13.1. The first-order valence-electron chi connectivity index (χ1n) is 12.8. The third kappa shape index (κ3) is 4.82. The second-order valence-electron chi connectivity index (χ2n) is 10.00. The lowest BCUT2D eigenvalue weighted by atomic mass is 9.52. The first kappa shape index (κ1) is 26.0. The van der Waals surface area contributed by atoms with Crippen LogP contribution in [0.4, 0.5) is 9.59 Å². The third-order valence-corrected chi connectivity index (χ3v) is 8.03. The normalized spacial score (nSPS) is 29.8. The third-order valence-electron chi connectivity index (χ3n) is 8.03. The quantitative estimate of drug-likeness (QED) is 0.192. The first-order chi connectivity index (χ1) is 17.3. The van der Waals surface area contributed by atoms with Gasteiger partial charge in [0, 0.05) is 5.92 Å². The minimum Gasteiger partial charge on any atom is -0.468 e. The Bertz CT molecular complexity index is 912. The number of amides is 2. The van der Waals surface area contributed by atoms with Crippen LogP contribution in [-0.2, 0) is 28.5 Å². The SMILES string of the molecule is CCOC(=O)NN(C(=O)OCC)[C@H]1C=C[C@@H](C(C(=O)OC)C(=O)OC)C1=C1C2CC3CC(C2)CC1C3. The topological polar surface area (TPSA) is 120 Å². The van der Waals surface area contributed by atoms with Gasteiger partial charge < -0.3 is 18.9 Å². The van der Waals surface area contributed by atoms with Crippen molar-refractivity contribution in [3.8, 4) is 0 Å². The Morgan fingerprint density at radius 2 is 1.42 bits per heavy atom. The van der Waals surface area contributed by atoms with Crippen LogP contribution >= 0.6 is 0 Å². The monoisotopic (exact) mass is 504 g/mol. The number of carbonyl (C=O) groups excluding carboxylic acids is 4. The zero-order valence-electron chi connectivity index (χ0n) is 21.4. The Hall–Kier alpha value is -3.04. The van der Waals surface area contributed by atoms with Crippen molar-refractivity contribution in [1.82, 2.24) is 10.4 Å². The molecule has 10 nitrogen and oxygen atoms in total. The Balaban J connectivity index is 1.81. The molecule has 5 aliphatic rings. The zero-order valence-corrected chi connectivity index (χ0v) is 21.4. The van der Waals surface area contributed by atoms with Crippen molar-refractivity contribution < 1.29 is 38.1 Å². The van der Waals surface area contributed by atoms with E-state index in [0.717, 1.165) is 36.3 Å². The van der Waals surface area contributed by atoms with Crippen LogP contribution in [0.3, 0.4) is 0 Å². The number of nitrogens with one attached hydrogen (secondary N) is 1. The van der Waals surface area contributed by atoms with Gasteiger partial charge in [0.05, 0.1) is 33.5 Å². The molecule has 0 spiro atoms. The van der Waals surface area contributed by atoms with Crippen molar-refractivity contribution in [2.24, 2.45) is 35.5 Å². The molecule has 0 aromatic carbocycles. The van der Waals surface area contributed by atoms with Gasteiger partial charge in [-0.05, 0) is 75.2 Å². The fraction of sp³-hybridized carbons (Fsp3) is 0.692. The molecule has 0 radical (unpaired) electrons. The van der Waals surface area contributed by atoms with Gasteiger partial charge in [0.15, 0.2) is 5.92 Å². The van der Waals surface area contributed by atoms with Gasteiger partial charge in [0.25, 0.3) is 0 Å². The van der Waals surface area contributed by atoms with E-state index in [4.69, 9.17) is 18.9 Å². The molecular weight excluding hydrogens is 468 g/mol. The summed E-state index contributed by atoms with van der Waals surface area (Å²) in [6, 6.07) is -0.747. The average Bonchev–Trinajstić information content (AvgIpc) is 3.25. The number of hydrogen-bond acceptors (Lipinski definition) is 8. The number of carbonyl (C=O) groups is 4. The lowest BCUT2D eigenvalue weighted by Gasteiger charge is -2.53. The minimum atomic E-state index is -1.23. The molecule has 36 heavy (non-hydrogen) atoms. The van der Waals surface area contributed by atoms with Gasteiger partial charge in [0.2, 0.25) is 0 Å². The Kier molecular flexibility index (Phi) is 7.90. The summed E-state index contributed by atoms with van der Waals surface area (Å²) in [5, 5.41) is 1.11. The van der Waals surface area contributed by atoms with E-state index in [1.165, 1.54) is 26.2 Å². The first-order valence-corrected chi connectivity index (χ1v) is 12.8. The van der Waals surface area contributed by atoms with Gasteiger partial charge in [-0.1, -0.05) is 17.7 Å². The Morgan fingerprint density at radius 1 is 0.861 bits per heavy atom. The maximum Gasteiger partial charge on any atom is 0.429 e. The summed E-state index contributed by atoms with van der Waals surface area (Å²) in [4.78, 5) is 51.1. The Labute approximate surface area is 211 Å². The van der Waals surface area contributed by atoms with Crippen LogP contribution in [0.25, 0.3) is 0 Å². The molecule has 0 unspecified atom stereocenters. The highest BCUT2D eigenvalue weighted by molar-refractivity contribution is 5.96. The number of nitrogens with zero attached hydrogens (tertiary/aromatic N) is 1. The summed E-state index contributed by atoms with van der Waals surface area (Å²) in [5.41, 5.74) is 4.49. The van der Waals surface area contributed by atoms with Crippen molar-refractivity contribution in [3.05, 3.63) is 23.3 Å². The largest absolute Gasteiger partial charge is 0.468 e. The number of allylic oxidation sites excluding steroid dienone is 2. The predicted molar refractivity (Wildman–Crippen MR) is 127 cm³/mol. The van der Waals surface area contributed by atoms with Crippen LogP contribution in [0.1, 0.15) is 46.0 Å². The molecule has 10 heteroatoms. The summed E-state index contributed by atoms with van der Waals surface area (Å²) >= 11 is 0. The molecule has 198 valence electrons. The van der Waals surface area contributed by atoms with Gasteiger partial charge in [-0.3, -0.25) is 9.59 Å². The molecule has 0 aromatic heterocycles. The summed E-state index contributed by atoms with van der Waals surface area (Å²) in [7, 11) is 2.47. The molecule has 1 N–H and O–H groups in total. The second-order valence-corrected chi connectivity index (χ2v) is 10.00. The number of esters is 2. The van der Waals surface area contributed by atoms with Crippen LogP contribution in [0, 0.1) is 35.5 Å². The molecule has 5 rings (SSSR count). The molecule has 5 aliphatic carbocycles. The summed E-state index contributed by atoms with van der Waals surface area (Å²) in [6.45, 7) is 3.57. The van der Waals surface area contributed by atoms with Crippen LogP contribution in [0.15, 0.2) is 23.3 Å². The van der Waals surface area contributed by atoms with Crippen molar-refractivity contribution in [3.63, 3.8) is 0 Å². The van der Waals surface area contributed by atoms with E-state index in [2.05, 4.69) is 5.43 Å². The molecule has 4 fully saturated rings. The number of hydrazine groups is 1. The van der Waals surface area contributed by atoms with Gasteiger partial charge >= 0.3 is 24.1 Å². The second kappa shape index (κ2) is 10.9. The van der Waals surface area contributed by atoms with Gasteiger partial charge in [-0.15, -0.1) is 0 Å². The van der Waals surface area contributed by atoms with E-state index in [1.807, 2.05) is 0 Å². The lowest BCUT2D eigenvalue weighted by molar-refractivity contribution is -0.160. The number of hydrogen-bond donors (Lipinski definition) is 1. The molecular formula is C26H36N2O8. The van der Waals surface area contributed by atoms with E-state index in [9.17, 15) is 19.2 Å². The van der Waals surface area contributed by atoms with Crippen molar-refractivity contribution in [2.75, 3.05) is 27.4 Å². The van der Waals surface area contributed by atoms with E-state index < -0.39 is 42.0 Å². The molecule has 0 heterocycles. The van der Waals surface area contributed by atoms with Crippen LogP contribution in [-0.4, -0.2) is 62.6 Å². The molecule has 4 bridgehead atoms. The standard InChI is InChI=1S/C26H36N2O8/c1-5-35-25(31)27-28(26(32)36-6-2)19-8-7-18(22(23(29)33-3)24(30)34-4)21(19)20-16-10-14-9-15(12-16)13-17(20)11-14/h7-8,14-19,22H,5-6,9-13H2,1-4H3,(H,27,31)/t14?,15?,16?,17?,18-,19+/m1/s1. The number of rotatable bonds is 6. The van der Waals surface area contributed by atoms with Gasteiger partial charge in [-0.25, -0.2) is 20.0 Å². The minimum absolute atomic E-state index is 0.104. The molecule has 2 amide bonds. The molecule has 0 saturated heterocycles. The van der Waals surface area contributed by atoms with Crippen molar-refractivity contribution in [1.29, 1.82) is 0 Å². The van der Waals surface area contributed by atoms with Crippen molar-refractivity contribution in [2.45, 2.75) is 52.0 Å². The summed E-state index contributed by atoms with van der Waals surface area (Å²) in [6.07, 6.45) is 7.40. The number of ether oxygens (including phenoxy) is 4. The van der Waals surface area contributed by atoms with E-state index in [1.54, 1.807) is 26.0 Å². The predicted octanol–water partition coefficient (Wildman–Crippen LogP) is 3.38. The van der Waals surface area contributed by atoms with Gasteiger partial charge in [0.1, 0.15) is 0 Å². The van der Waals surface area contributed by atoms with Crippen LogP contribution in [0.5, 0.6) is 0 Å². The van der Waals surface area contributed by atoms with Crippen molar-refractivity contribution >= 4 is 24.1 Å². The van der Waals surface area contributed by atoms with E-state index in [0.29, 0.717) is 23.7 Å². The fourth-order valence-corrected chi connectivity index (χ4v) is 7.00. The highest BCUT2D eigenvalue weighted by atomic mass is 16.6. The number of methoxy groups -OCH3 is 2. The average molecular weight is 505 g/mol. The molecule has 4 saturated carbocycles. The smallest absolute Gasteiger partial charge is 0.429 e. The maximum absolute atomic E-state index is 13.1. The molecule has 0 aliphatic heterocycles. The lowest BCUT2D eigenvalue weighted by Crippen LogP contribution is -2.53. The Morgan fingerprint density at radius 3 is 1.92 bits per heavy atom. The summed E-state index contributed by atoms with van der Waals surface area (Å²) in [5.74, 6) is -1.35. The molecule has 0 aromatic rings. The highest BCUT2D eigenvalue weighted by Gasteiger charge is 2.52. The zero-order chi connectivity index (χ0) is 26.0. The van der Waals surface area contributed by atoms with Crippen LogP contribution in [0.2, 0.25) is 0 Å².